The Labute approximate surface area is 195 Å². The first-order chi connectivity index (χ1) is 16.0. The minimum atomic E-state index is -0.417. The summed E-state index contributed by atoms with van der Waals surface area (Å²) >= 11 is 6.41. The molecule has 8 heteroatoms. The van der Waals surface area contributed by atoms with Crippen LogP contribution in [0.3, 0.4) is 0 Å². The van der Waals surface area contributed by atoms with Crippen LogP contribution in [0.1, 0.15) is 11.1 Å². The van der Waals surface area contributed by atoms with Crippen LogP contribution >= 0.6 is 11.6 Å². The normalized spacial score (nSPS) is 11.0. The highest BCUT2D eigenvalue weighted by molar-refractivity contribution is 6.32. The van der Waals surface area contributed by atoms with Crippen LogP contribution in [-0.2, 0) is 0 Å². The second-order valence-electron chi connectivity index (χ2n) is 7.06. The van der Waals surface area contributed by atoms with E-state index in [9.17, 15) is 10.1 Å². The zero-order chi connectivity index (χ0) is 23.4. The van der Waals surface area contributed by atoms with Gasteiger partial charge in [0.25, 0.3) is 5.69 Å². The van der Waals surface area contributed by atoms with Gasteiger partial charge in [0.15, 0.2) is 0 Å². The molecule has 0 saturated carbocycles. The van der Waals surface area contributed by atoms with Gasteiger partial charge in [-0.05, 0) is 29.8 Å². The highest BCUT2D eigenvalue weighted by atomic mass is 35.5. The molecule has 0 saturated heterocycles. The van der Waals surface area contributed by atoms with Crippen molar-refractivity contribution in [3.8, 4) is 28.4 Å². The monoisotopic (exact) mass is 461 g/mol. The lowest BCUT2D eigenvalue weighted by molar-refractivity contribution is -0.384. The van der Waals surface area contributed by atoms with E-state index in [0.29, 0.717) is 22.1 Å². The van der Waals surface area contributed by atoms with Crippen LogP contribution < -0.4 is 9.47 Å². The van der Waals surface area contributed by atoms with Gasteiger partial charge in [-0.25, -0.2) is 4.68 Å². The maximum Gasteiger partial charge on any atom is 0.270 e. The Morgan fingerprint density at radius 2 is 1.76 bits per heavy atom. The van der Waals surface area contributed by atoms with E-state index in [1.165, 1.54) is 12.1 Å². The zero-order valence-corrected chi connectivity index (χ0v) is 18.7. The molecule has 3 aromatic carbocycles. The Hall–Kier alpha value is -4.10. The molecule has 0 aliphatic heterocycles. The Kier molecular flexibility index (Phi) is 6.42. The Morgan fingerprint density at radius 1 is 0.970 bits per heavy atom. The largest absolute Gasteiger partial charge is 0.496 e. The number of hydrogen-bond donors (Lipinski definition) is 0. The van der Waals surface area contributed by atoms with Crippen molar-refractivity contribution in [3.63, 3.8) is 0 Å². The smallest absolute Gasteiger partial charge is 0.270 e. The second-order valence-corrected chi connectivity index (χ2v) is 7.47. The summed E-state index contributed by atoms with van der Waals surface area (Å²) in [6.45, 7) is 0. The van der Waals surface area contributed by atoms with E-state index in [2.05, 4.69) is 5.10 Å². The molecule has 0 spiro atoms. The summed E-state index contributed by atoms with van der Waals surface area (Å²) in [6, 6.07) is 19.5. The number of nitro groups is 1. The number of halogens is 1. The van der Waals surface area contributed by atoms with Gasteiger partial charge in [0, 0.05) is 29.3 Å². The van der Waals surface area contributed by atoms with Gasteiger partial charge in [-0.15, -0.1) is 0 Å². The maximum absolute atomic E-state index is 11.1. The van der Waals surface area contributed by atoms with E-state index >= 15 is 0 Å². The second kappa shape index (κ2) is 9.58. The van der Waals surface area contributed by atoms with E-state index in [-0.39, 0.29) is 5.69 Å². The SMILES string of the molecule is COc1cc(OC)c(-c2ccnn2-c2ccccc2Cl)cc1C=Cc1cccc([N+](=O)[O-])c1. The minimum Gasteiger partial charge on any atom is -0.496 e. The van der Waals surface area contributed by atoms with E-state index in [1.807, 2.05) is 36.4 Å². The summed E-state index contributed by atoms with van der Waals surface area (Å²) in [6.07, 6.45) is 5.34. The third kappa shape index (κ3) is 4.58. The highest BCUT2D eigenvalue weighted by Crippen LogP contribution is 2.38. The number of methoxy groups -OCH3 is 2. The Morgan fingerprint density at radius 3 is 2.48 bits per heavy atom. The molecule has 4 aromatic rings. The minimum absolute atomic E-state index is 0.0307. The number of aromatic nitrogens is 2. The van der Waals surface area contributed by atoms with Crippen molar-refractivity contribution in [1.82, 2.24) is 9.78 Å². The van der Waals surface area contributed by atoms with Gasteiger partial charge < -0.3 is 9.47 Å². The molecule has 0 aliphatic rings. The van der Waals surface area contributed by atoms with Crippen LogP contribution in [0.5, 0.6) is 11.5 Å². The number of rotatable bonds is 7. The lowest BCUT2D eigenvalue weighted by Gasteiger charge is -2.15. The van der Waals surface area contributed by atoms with Gasteiger partial charge >= 0.3 is 0 Å². The molecule has 7 nitrogen and oxygen atoms in total. The van der Waals surface area contributed by atoms with E-state index in [1.54, 1.807) is 55.4 Å². The quantitative estimate of drug-likeness (QED) is 0.183. The number of nitrogens with zero attached hydrogens (tertiary/aromatic N) is 3. The molecule has 0 aliphatic carbocycles. The molecule has 1 aromatic heterocycles. The molecule has 166 valence electrons. The van der Waals surface area contributed by atoms with Crippen molar-refractivity contribution in [2.45, 2.75) is 0 Å². The maximum atomic E-state index is 11.1. The lowest BCUT2D eigenvalue weighted by atomic mass is 10.0. The third-order valence-corrected chi connectivity index (χ3v) is 5.41. The third-order valence-electron chi connectivity index (χ3n) is 5.09. The molecule has 4 rings (SSSR count). The molecular formula is C25H20ClN3O4. The van der Waals surface area contributed by atoms with Crippen molar-refractivity contribution < 1.29 is 14.4 Å². The molecule has 0 unspecified atom stereocenters. The van der Waals surface area contributed by atoms with Crippen LogP contribution in [0, 0.1) is 10.1 Å². The summed E-state index contributed by atoms with van der Waals surface area (Å²) in [5.74, 6) is 1.20. The van der Waals surface area contributed by atoms with Crippen LogP contribution in [0.25, 0.3) is 29.1 Å². The summed E-state index contributed by atoms with van der Waals surface area (Å²) in [5.41, 5.74) is 3.81. The molecule has 0 atom stereocenters. The van der Waals surface area contributed by atoms with Gasteiger partial charge in [0.1, 0.15) is 11.5 Å². The van der Waals surface area contributed by atoms with Gasteiger partial charge in [-0.2, -0.15) is 5.10 Å². The number of nitro benzene ring substituents is 1. The highest BCUT2D eigenvalue weighted by Gasteiger charge is 2.17. The van der Waals surface area contributed by atoms with Gasteiger partial charge in [-0.3, -0.25) is 10.1 Å². The van der Waals surface area contributed by atoms with Gasteiger partial charge in [-0.1, -0.05) is 48.0 Å². The Bertz CT molecular complexity index is 1350. The van der Waals surface area contributed by atoms with Crippen LogP contribution in [0.2, 0.25) is 5.02 Å². The molecule has 0 N–H and O–H groups in total. The number of benzene rings is 3. The number of para-hydroxylation sites is 1. The first-order valence-electron chi connectivity index (χ1n) is 9.99. The molecule has 0 amide bonds. The molecule has 0 radical (unpaired) electrons. The fourth-order valence-electron chi connectivity index (χ4n) is 3.50. The molecule has 1 heterocycles. The van der Waals surface area contributed by atoms with E-state index < -0.39 is 4.92 Å². The average Bonchev–Trinajstić information content (AvgIpc) is 3.32. The number of hydrogen-bond acceptors (Lipinski definition) is 5. The van der Waals surface area contributed by atoms with E-state index in [4.69, 9.17) is 21.1 Å². The Balaban J connectivity index is 1.81. The van der Waals surface area contributed by atoms with Crippen molar-refractivity contribution >= 4 is 29.4 Å². The summed E-state index contributed by atoms with van der Waals surface area (Å²) < 4.78 is 13.0. The fourth-order valence-corrected chi connectivity index (χ4v) is 3.72. The first-order valence-corrected chi connectivity index (χ1v) is 10.4. The zero-order valence-electron chi connectivity index (χ0n) is 17.9. The molecule has 0 fully saturated rings. The standard InChI is InChI=1S/C25H20ClN3O4/c1-32-24-16-25(33-2)20(22-12-13-27-28(22)23-9-4-3-8-21(23)26)15-18(24)11-10-17-6-5-7-19(14-17)29(30)31/h3-16H,1-2H3. The van der Waals surface area contributed by atoms with Gasteiger partial charge in [0.05, 0.1) is 41.7 Å². The number of ether oxygens (including phenoxy) is 2. The van der Waals surface area contributed by atoms with E-state index in [0.717, 1.165) is 22.5 Å². The topological polar surface area (TPSA) is 79.4 Å². The van der Waals surface area contributed by atoms with Crippen molar-refractivity contribution in [1.29, 1.82) is 0 Å². The van der Waals surface area contributed by atoms with Crippen molar-refractivity contribution in [2.24, 2.45) is 0 Å². The van der Waals surface area contributed by atoms with Crippen molar-refractivity contribution in [2.75, 3.05) is 14.2 Å². The van der Waals surface area contributed by atoms with Gasteiger partial charge in [0.2, 0.25) is 0 Å². The first kappa shape index (κ1) is 22.1. The lowest BCUT2D eigenvalue weighted by Crippen LogP contribution is -2.01. The average molecular weight is 462 g/mol. The molecule has 33 heavy (non-hydrogen) atoms. The molecule has 0 bridgehead atoms. The predicted molar refractivity (Wildman–Crippen MR) is 129 cm³/mol. The number of non-ortho nitro benzene ring substituents is 1. The summed E-state index contributed by atoms with van der Waals surface area (Å²) in [4.78, 5) is 10.7. The molecular weight excluding hydrogens is 442 g/mol. The van der Waals surface area contributed by atoms with Crippen LogP contribution in [-0.4, -0.2) is 28.9 Å². The van der Waals surface area contributed by atoms with Crippen molar-refractivity contribution in [3.05, 3.63) is 99.2 Å². The summed E-state index contributed by atoms with van der Waals surface area (Å²) in [7, 11) is 3.17. The van der Waals surface area contributed by atoms with Crippen LogP contribution in [0.15, 0.2) is 72.9 Å². The van der Waals surface area contributed by atoms with Crippen LogP contribution in [0.4, 0.5) is 5.69 Å². The fraction of sp³-hybridized carbons (Fsp3) is 0.0800. The summed E-state index contributed by atoms with van der Waals surface area (Å²) in [5, 5.41) is 16.1. The predicted octanol–water partition coefficient (Wildman–Crippen LogP) is 6.29.